The number of ether oxygens (including phenoxy) is 1. The van der Waals surface area contributed by atoms with E-state index in [2.05, 4.69) is 5.32 Å². The van der Waals surface area contributed by atoms with E-state index in [0.717, 1.165) is 39.8 Å². The van der Waals surface area contributed by atoms with Gasteiger partial charge < -0.3 is 10.1 Å². The monoisotopic (exact) mass is 261 g/mol. The Kier molecular flexibility index (Phi) is 3.04. The Morgan fingerprint density at radius 1 is 1.39 bits per heavy atom. The minimum absolute atomic E-state index is 0.265. The number of hydrogen-bond acceptors (Lipinski definition) is 4. The lowest BCUT2D eigenvalue weighted by Crippen LogP contribution is -2.17. The van der Waals surface area contributed by atoms with Gasteiger partial charge in [0.15, 0.2) is 5.78 Å². The van der Waals surface area contributed by atoms with E-state index in [-0.39, 0.29) is 5.78 Å². The third kappa shape index (κ3) is 2.01. The molecular formula is C14H15NO2S. The van der Waals surface area contributed by atoms with Gasteiger partial charge in [-0.1, -0.05) is 11.8 Å². The van der Waals surface area contributed by atoms with Crippen LogP contribution < -0.4 is 10.1 Å². The normalized spacial score (nSPS) is 17.9. The van der Waals surface area contributed by atoms with Crippen molar-refractivity contribution in [2.24, 2.45) is 0 Å². The third-order valence-corrected chi connectivity index (χ3v) is 4.36. The predicted octanol–water partition coefficient (Wildman–Crippen LogP) is 3.57. The summed E-state index contributed by atoms with van der Waals surface area (Å²) in [5, 5.41) is 3.38. The highest BCUT2D eigenvalue weighted by Crippen LogP contribution is 2.44. The summed E-state index contributed by atoms with van der Waals surface area (Å²) >= 11 is 1.58. The maximum absolute atomic E-state index is 11.9. The molecule has 1 aliphatic carbocycles. The highest BCUT2D eigenvalue weighted by molar-refractivity contribution is 8.04. The molecule has 0 saturated heterocycles. The van der Waals surface area contributed by atoms with Gasteiger partial charge in [-0.2, -0.15) is 0 Å². The van der Waals surface area contributed by atoms with Crippen molar-refractivity contribution in [1.29, 1.82) is 0 Å². The van der Waals surface area contributed by atoms with Gasteiger partial charge in [0.25, 0.3) is 0 Å². The number of ketones is 1. The van der Waals surface area contributed by atoms with Gasteiger partial charge in [0.2, 0.25) is 0 Å². The zero-order chi connectivity index (χ0) is 12.5. The number of allylic oxidation sites excluding steroid dienone is 2. The molecule has 0 bridgehead atoms. The van der Waals surface area contributed by atoms with Crippen LogP contribution in [-0.4, -0.2) is 12.4 Å². The molecule has 1 aromatic rings. The van der Waals surface area contributed by atoms with E-state index in [1.54, 1.807) is 11.8 Å². The van der Waals surface area contributed by atoms with Crippen molar-refractivity contribution in [3.05, 3.63) is 28.8 Å². The molecule has 3 rings (SSSR count). The third-order valence-electron chi connectivity index (χ3n) is 3.12. The fourth-order valence-corrected chi connectivity index (χ4v) is 3.39. The topological polar surface area (TPSA) is 38.3 Å². The van der Waals surface area contributed by atoms with E-state index >= 15 is 0 Å². The molecule has 1 aromatic carbocycles. The van der Waals surface area contributed by atoms with E-state index in [9.17, 15) is 4.79 Å². The highest BCUT2D eigenvalue weighted by atomic mass is 32.2. The summed E-state index contributed by atoms with van der Waals surface area (Å²) < 4.78 is 5.49. The van der Waals surface area contributed by atoms with Crippen LogP contribution in [0, 0.1) is 0 Å². The van der Waals surface area contributed by atoms with Crippen molar-refractivity contribution in [3.8, 4) is 5.75 Å². The molecule has 0 aromatic heterocycles. The van der Waals surface area contributed by atoms with Crippen LogP contribution in [0.15, 0.2) is 33.7 Å². The van der Waals surface area contributed by atoms with Crippen LogP contribution in [0.2, 0.25) is 0 Å². The fraction of sp³-hybridized carbons (Fsp3) is 0.357. The molecule has 2 aliphatic rings. The van der Waals surface area contributed by atoms with Crippen molar-refractivity contribution in [1.82, 2.24) is 0 Å². The lowest BCUT2D eigenvalue weighted by Gasteiger charge is -2.26. The summed E-state index contributed by atoms with van der Waals surface area (Å²) in [6, 6.07) is 5.99. The molecule has 0 spiro atoms. The first-order valence-electron chi connectivity index (χ1n) is 6.26. The highest BCUT2D eigenvalue weighted by Gasteiger charge is 2.26. The van der Waals surface area contributed by atoms with Gasteiger partial charge in [-0.15, -0.1) is 0 Å². The molecule has 3 nitrogen and oxygen atoms in total. The van der Waals surface area contributed by atoms with Crippen LogP contribution in [0.25, 0.3) is 0 Å². The van der Waals surface area contributed by atoms with Gasteiger partial charge in [-0.3, -0.25) is 4.79 Å². The van der Waals surface area contributed by atoms with Gasteiger partial charge in [0, 0.05) is 17.0 Å². The molecule has 0 atom stereocenters. The average Bonchev–Trinajstić information content (AvgIpc) is 2.38. The first kappa shape index (κ1) is 11.7. The number of benzene rings is 1. The van der Waals surface area contributed by atoms with Crippen LogP contribution in [0.4, 0.5) is 5.69 Å². The Morgan fingerprint density at radius 2 is 2.28 bits per heavy atom. The second kappa shape index (κ2) is 4.69. The lowest BCUT2D eigenvalue weighted by molar-refractivity contribution is -0.115. The summed E-state index contributed by atoms with van der Waals surface area (Å²) in [7, 11) is 0. The summed E-state index contributed by atoms with van der Waals surface area (Å²) in [6.07, 6.45) is 2.60. The number of carbonyl (C=O) groups excluding carboxylic acids is 1. The van der Waals surface area contributed by atoms with Crippen LogP contribution in [0.3, 0.4) is 0 Å². The minimum Gasteiger partial charge on any atom is -0.494 e. The van der Waals surface area contributed by atoms with E-state index in [0.29, 0.717) is 13.0 Å². The molecule has 18 heavy (non-hydrogen) atoms. The number of fused-ring (bicyclic) bond motifs is 1. The number of rotatable bonds is 2. The zero-order valence-electron chi connectivity index (χ0n) is 10.3. The summed E-state index contributed by atoms with van der Waals surface area (Å²) in [4.78, 5) is 13.9. The quantitative estimate of drug-likeness (QED) is 0.883. The summed E-state index contributed by atoms with van der Waals surface area (Å²) in [6.45, 7) is 2.62. The number of Topliss-reactive ketones (excluding diaryl/α,β-unsaturated/α-hetero) is 1. The van der Waals surface area contributed by atoms with Gasteiger partial charge in [0.1, 0.15) is 5.75 Å². The SMILES string of the molecule is CCOc1ccc2c(c1)SC1=C(CCCC1=O)N2. The standard InChI is InChI=1S/C14H15NO2S/c1-2-17-9-6-7-10-13(8-9)18-14-11(15-10)4-3-5-12(14)16/h6-8,15H,2-5H2,1H3. The summed E-state index contributed by atoms with van der Waals surface area (Å²) in [5.74, 6) is 1.12. The largest absolute Gasteiger partial charge is 0.494 e. The minimum atomic E-state index is 0.265. The smallest absolute Gasteiger partial charge is 0.171 e. The summed E-state index contributed by atoms with van der Waals surface area (Å²) in [5.41, 5.74) is 2.17. The average molecular weight is 261 g/mol. The molecule has 0 fully saturated rings. The first-order chi connectivity index (χ1) is 8.78. The number of thioether (sulfide) groups is 1. The number of carbonyl (C=O) groups is 1. The van der Waals surface area contributed by atoms with E-state index in [4.69, 9.17) is 4.74 Å². The first-order valence-corrected chi connectivity index (χ1v) is 7.07. The van der Waals surface area contributed by atoms with Gasteiger partial charge in [0.05, 0.1) is 17.2 Å². The number of anilines is 1. The molecule has 4 heteroatoms. The van der Waals surface area contributed by atoms with Crippen molar-refractivity contribution in [2.45, 2.75) is 31.1 Å². The van der Waals surface area contributed by atoms with Crippen LogP contribution in [-0.2, 0) is 4.79 Å². The van der Waals surface area contributed by atoms with Gasteiger partial charge in [-0.05, 0) is 38.0 Å². The molecule has 94 valence electrons. The zero-order valence-corrected chi connectivity index (χ0v) is 11.1. The molecule has 0 amide bonds. The molecule has 1 N–H and O–H groups in total. The van der Waals surface area contributed by atoms with Gasteiger partial charge >= 0.3 is 0 Å². The Morgan fingerprint density at radius 3 is 3.11 bits per heavy atom. The second-order valence-corrected chi connectivity index (χ2v) is 5.45. The second-order valence-electron chi connectivity index (χ2n) is 4.40. The molecule has 0 radical (unpaired) electrons. The van der Waals surface area contributed by atoms with E-state index in [1.807, 2.05) is 25.1 Å². The predicted molar refractivity (Wildman–Crippen MR) is 73.0 cm³/mol. The fourth-order valence-electron chi connectivity index (χ4n) is 2.28. The van der Waals surface area contributed by atoms with Crippen molar-refractivity contribution in [3.63, 3.8) is 0 Å². The number of hydrogen-bond donors (Lipinski definition) is 1. The Balaban J connectivity index is 1.93. The van der Waals surface area contributed by atoms with Crippen LogP contribution >= 0.6 is 11.8 Å². The van der Waals surface area contributed by atoms with E-state index < -0.39 is 0 Å². The van der Waals surface area contributed by atoms with Crippen LogP contribution in [0.5, 0.6) is 5.75 Å². The van der Waals surface area contributed by atoms with Crippen molar-refractivity contribution in [2.75, 3.05) is 11.9 Å². The van der Waals surface area contributed by atoms with Crippen molar-refractivity contribution < 1.29 is 9.53 Å². The molecule has 0 saturated carbocycles. The molecule has 0 unspecified atom stereocenters. The maximum Gasteiger partial charge on any atom is 0.171 e. The van der Waals surface area contributed by atoms with Crippen molar-refractivity contribution >= 4 is 23.2 Å². The Hall–Kier alpha value is -1.42. The maximum atomic E-state index is 11.9. The van der Waals surface area contributed by atoms with Gasteiger partial charge in [-0.25, -0.2) is 0 Å². The number of nitrogens with one attached hydrogen (secondary N) is 1. The van der Waals surface area contributed by atoms with Crippen LogP contribution in [0.1, 0.15) is 26.2 Å². The molecule has 1 heterocycles. The van der Waals surface area contributed by atoms with E-state index in [1.165, 1.54) is 0 Å². The molecule has 1 aliphatic heterocycles. The molecular weight excluding hydrogens is 246 g/mol. The lowest BCUT2D eigenvalue weighted by atomic mass is 10.0. The Labute approximate surface area is 111 Å². The Bertz CT molecular complexity index is 537.